The highest BCUT2D eigenvalue weighted by atomic mass is 32.1. The van der Waals surface area contributed by atoms with Crippen molar-refractivity contribution in [3.8, 4) is 11.3 Å². The van der Waals surface area contributed by atoms with Crippen molar-refractivity contribution in [2.75, 3.05) is 6.54 Å². The summed E-state index contributed by atoms with van der Waals surface area (Å²) >= 11 is 4.98. The van der Waals surface area contributed by atoms with E-state index in [4.69, 9.17) is 16.6 Å². The predicted molar refractivity (Wildman–Crippen MR) is 92.3 cm³/mol. The molecule has 0 aliphatic heterocycles. The van der Waals surface area contributed by atoms with Crippen LogP contribution in [0, 0.1) is 10.1 Å². The molecule has 0 unspecified atom stereocenters. The number of hydrogen-bond donors (Lipinski definition) is 2. The molecule has 0 atom stereocenters. The van der Waals surface area contributed by atoms with E-state index >= 15 is 0 Å². The fourth-order valence-corrected chi connectivity index (χ4v) is 1.82. The van der Waals surface area contributed by atoms with Crippen LogP contribution in [-0.4, -0.2) is 22.8 Å². The molecule has 7 nitrogen and oxygen atoms in total. The summed E-state index contributed by atoms with van der Waals surface area (Å²) in [6, 6.07) is 9.61. The van der Waals surface area contributed by atoms with Crippen LogP contribution in [0.15, 0.2) is 58.6 Å². The molecule has 1 aromatic heterocycles. The van der Waals surface area contributed by atoms with E-state index in [0.29, 0.717) is 23.2 Å². The van der Waals surface area contributed by atoms with Crippen molar-refractivity contribution in [2.45, 2.75) is 0 Å². The molecule has 0 saturated heterocycles. The van der Waals surface area contributed by atoms with Gasteiger partial charge >= 0.3 is 0 Å². The number of thiocarbonyl (C=S) groups is 1. The maximum atomic E-state index is 10.6. The second-order valence-corrected chi connectivity index (χ2v) is 4.78. The minimum absolute atomic E-state index is 0.0341. The minimum Gasteiger partial charge on any atom is -0.455 e. The topological polar surface area (TPSA) is 92.7 Å². The summed E-state index contributed by atoms with van der Waals surface area (Å²) < 4.78 is 5.59. The number of hydrogen-bond acceptors (Lipinski definition) is 5. The lowest BCUT2D eigenvalue weighted by atomic mass is 10.1. The van der Waals surface area contributed by atoms with Crippen LogP contribution in [0.25, 0.3) is 11.3 Å². The van der Waals surface area contributed by atoms with Crippen LogP contribution < -0.4 is 10.7 Å². The normalized spacial score (nSPS) is 10.4. The maximum Gasteiger partial charge on any atom is 0.269 e. The Balaban J connectivity index is 1.98. The molecule has 1 aromatic carbocycles. The molecule has 0 bridgehead atoms. The molecule has 23 heavy (non-hydrogen) atoms. The Bertz CT molecular complexity index is 737. The zero-order valence-electron chi connectivity index (χ0n) is 12.1. The van der Waals surface area contributed by atoms with E-state index < -0.39 is 4.92 Å². The second-order valence-electron chi connectivity index (χ2n) is 4.37. The van der Waals surface area contributed by atoms with Crippen molar-refractivity contribution in [3.05, 3.63) is 64.9 Å². The molecule has 0 spiro atoms. The highest BCUT2D eigenvalue weighted by molar-refractivity contribution is 7.80. The van der Waals surface area contributed by atoms with E-state index in [0.717, 1.165) is 5.56 Å². The lowest BCUT2D eigenvalue weighted by Crippen LogP contribution is -2.31. The molecule has 8 heteroatoms. The molecule has 0 radical (unpaired) electrons. The Morgan fingerprint density at radius 2 is 2.09 bits per heavy atom. The zero-order chi connectivity index (χ0) is 16.7. The molecule has 0 aliphatic carbocycles. The average Bonchev–Trinajstić information content (AvgIpc) is 3.02. The summed E-state index contributed by atoms with van der Waals surface area (Å²) in [5, 5.41) is 17.8. The summed E-state index contributed by atoms with van der Waals surface area (Å²) in [6.07, 6.45) is 3.16. The van der Waals surface area contributed by atoms with E-state index in [2.05, 4.69) is 22.4 Å². The Labute approximate surface area is 137 Å². The summed E-state index contributed by atoms with van der Waals surface area (Å²) in [5.41, 5.74) is 3.42. The molecule has 2 aromatic rings. The number of non-ortho nitro benzene ring substituents is 1. The summed E-state index contributed by atoms with van der Waals surface area (Å²) in [5.74, 6) is 1.12. The number of furan rings is 1. The smallest absolute Gasteiger partial charge is 0.269 e. The van der Waals surface area contributed by atoms with Gasteiger partial charge in [0.15, 0.2) is 5.11 Å². The molecule has 1 heterocycles. The van der Waals surface area contributed by atoms with Gasteiger partial charge in [-0.25, -0.2) is 0 Å². The molecular weight excluding hydrogens is 316 g/mol. The van der Waals surface area contributed by atoms with E-state index in [1.807, 2.05) is 0 Å². The summed E-state index contributed by atoms with van der Waals surface area (Å²) in [7, 11) is 0. The van der Waals surface area contributed by atoms with Gasteiger partial charge in [-0.3, -0.25) is 15.5 Å². The summed E-state index contributed by atoms with van der Waals surface area (Å²) in [4.78, 5) is 10.2. The lowest BCUT2D eigenvalue weighted by Gasteiger charge is -2.02. The van der Waals surface area contributed by atoms with Crippen molar-refractivity contribution in [3.63, 3.8) is 0 Å². The molecule has 2 rings (SSSR count). The van der Waals surface area contributed by atoms with Crippen LogP contribution in [0.3, 0.4) is 0 Å². The van der Waals surface area contributed by atoms with Crippen molar-refractivity contribution in [2.24, 2.45) is 5.10 Å². The van der Waals surface area contributed by atoms with Gasteiger partial charge in [0, 0.05) is 24.2 Å². The minimum atomic E-state index is -0.445. The first-order chi connectivity index (χ1) is 11.1. The highest BCUT2D eigenvalue weighted by Crippen LogP contribution is 2.23. The van der Waals surface area contributed by atoms with Crippen molar-refractivity contribution in [1.82, 2.24) is 10.7 Å². The fourth-order valence-electron chi connectivity index (χ4n) is 1.68. The third kappa shape index (κ3) is 4.75. The van der Waals surface area contributed by atoms with Crippen molar-refractivity contribution in [1.29, 1.82) is 0 Å². The predicted octanol–water partition coefficient (Wildman–Crippen LogP) is 2.84. The average molecular weight is 330 g/mol. The van der Waals surface area contributed by atoms with Gasteiger partial charge < -0.3 is 9.73 Å². The van der Waals surface area contributed by atoms with E-state index in [-0.39, 0.29) is 5.69 Å². The van der Waals surface area contributed by atoms with Crippen molar-refractivity contribution >= 4 is 29.2 Å². The van der Waals surface area contributed by atoms with E-state index in [1.54, 1.807) is 30.3 Å². The number of benzene rings is 1. The van der Waals surface area contributed by atoms with Gasteiger partial charge in [-0.2, -0.15) is 5.10 Å². The van der Waals surface area contributed by atoms with Crippen molar-refractivity contribution < 1.29 is 9.34 Å². The van der Waals surface area contributed by atoms with Crippen LogP contribution >= 0.6 is 12.2 Å². The quantitative estimate of drug-likeness (QED) is 0.278. The van der Waals surface area contributed by atoms with Gasteiger partial charge in [0.2, 0.25) is 0 Å². The number of nitro benzene ring substituents is 1. The van der Waals surface area contributed by atoms with Crippen LogP contribution in [0.4, 0.5) is 5.69 Å². The molecule has 0 fully saturated rings. The number of nitrogens with one attached hydrogen (secondary N) is 2. The van der Waals surface area contributed by atoms with Gasteiger partial charge in [0.05, 0.1) is 11.1 Å². The van der Waals surface area contributed by atoms with Crippen LogP contribution in [0.5, 0.6) is 0 Å². The first kappa shape index (κ1) is 16.4. The largest absolute Gasteiger partial charge is 0.455 e. The fraction of sp³-hybridized carbons (Fsp3) is 0.0667. The van der Waals surface area contributed by atoms with Crippen LogP contribution in [0.1, 0.15) is 5.76 Å². The van der Waals surface area contributed by atoms with E-state index in [1.165, 1.54) is 18.3 Å². The third-order valence-corrected chi connectivity index (χ3v) is 2.99. The Morgan fingerprint density at radius 1 is 1.35 bits per heavy atom. The van der Waals surface area contributed by atoms with Gasteiger partial charge in [-0.05, 0) is 36.5 Å². The van der Waals surface area contributed by atoms with Gasteiger partial charge in [-0.1, -0.05) is 6.08 Å². The monoisotopic (exact) mass is 330 g/mol. The number of hydrazone groups is 1. The molecule has 0 amide bonds. The van der Waals surface area contributed by atoms with E-state index in [9.17, 15) is 10.1 Å². The molecule has 0 aliphatic rings. The van der Waals surface area contributed by atoms with Gasteiger partial charge in [0.25, 0.3) is 5.69 Å². The standard InChI is InChI=1S/C15H14N4O3S/c1-2-9-16-15(23)18-17-10-13-7-8-14(22-13)11-3-5-12(6-4-11)19(20)21/h2-8,10H,1,9H2,(H2,16,18,23). The lowest BCUT2D eigenvalue weighted by molar-refractivity contribution is -0.384. The molecular formula is C15H14N4O3S. The van der Waals surface area contributed by atoms with Crippen LogP contribution in [0.2, 0.25) is 0 Å². The molecule has 2 N–H and O–H groups in total. The molecule has 0 saturated carbocycles. The molecule has 118 valence electrons. The van der Waals surface area contributed by atoms with Crippen LogP contribution in [-0.2, 0) is 0 Å². The Morgan fingerprint density at radius 3 is 2.74 bits per heavy atom. The third-order valence-electron chi connectivity index (χ3n) is 2.75. The maximum absolute atomic E-state index is 10.6. The first-order valence-corrected chi connectivity index (χ1v) is 7.03. The number of nitro groups is 1. The van der Waals surface area contributed by atoms with Gasteiger partial charge in [-0.15, -0.1) is 6.58 Å². The Hall–Kier alpha value is -3.00. The number of nitrogens with zero attached hydrogens (tertiary/aromatic N) is 2. The highest BCUT2D eigenvalue weighted by Gasteiger charge is 2.07. The number of rotatable bonds is 6. The summed E-state index contributed by atoms with van der Waals surface area (Å²) in [6.45, 7) is 4.11. The Kier molecular flexibility index (Phi) is 5.59. The second kappa shape index (κ2) is 7.85. The van der Waals surface area contributed by atoms with Gasteiger partial charge in [0.1, 0.15) is 11.5 Å². The zero-order valence-corrected chi connectivity index (χ0v) is 12.9. The first-order valence-electron chi connectivity index (χ1n) is 6.62. The SMILES string of the molecule is C=CCNC(=S)NN=Cc1ccc(-c2ccc([N+](=O)[O-])cc2)o1.